The van der Waals surface area contributed by atoms with Gasteiger partial charge in [-0.2, -0.15) is 0 Å². The van der Waals surface area contributed by atoms with Crippen LogP contribution in [0.1, 0.15) is 12.8 Å². The molecular weight excluding hydrogens is 204 g/mol. The number of hydrogen-bond acceptors (Lipinski definition) is 4. The van der Waals surface area contributed by atoms with Gasteiger partial charge < -0.3 is 21.1 Å². The summed E-state index contributed by atoms with van der Waals surface area (Å²) in [5.74, 6) is -1.30. The Labute approximate surface area is 87.1 Å². The van der Waals surface area contributed by atoms with Crippen LogP contribution < -0.4 is 5.73 Å². The number of likely N-dealkylation sites (N-methyl/N-ethyl adjacent to an activating group) is 1. The zero-order chi connectivity index (χ0) is 12.1. The number of amides is 1. The normalized spacial score (nSPS) is 14.3. The first kappa shape index (κ1) is 13.7. The first-order chi connectivity index (χ1) is 6.92. The molecule has 0 aliphatic carbocycles. The maximum absolute atomic E-state index is 11.1. The van der Waals surface area contributed by atoms with Gasteiger partial charge in [0.1, 0.15) is 5.54 Å². The van der Waals surface area contributed by atoms with Gasteiger partial charge in [0, 0.05) is 20.1 Å². The van der Waals surface area contributed by atoms with Crippen molar-refractivity contribution in [1.29, 1.82) is 0 Å². The molecule has 0 aliphatic rings. The third kappa shape index (κ3) is 2.80. The molecule has 0 aromatic heterocycles. The maximum Gasteiger partial charge on any atom is 0.407 e. The fourth-order valence-electron chi connectivity index (χ4n) is 1.42. The summed E-state index contributed by atoms with van der Waals surface area (Å²) in [4.78, 5) is 22.5. The van der Waals surface area contributed by atoms with E-state index in [-0.39, 0.29) is 19.4 Å². The van der Waals surface area contributed by atoms with Crippen molar-refractivity contribution in [3.8, 4) is 0 Å². The van der Waals surface area contributed by atoms with Crippen molar-refractivity contribution in [1.82, 2.24) is 4.90 Å². The zero-order valence-corrected chi connectivity index (χ0v) is 8.51. The Morgan fingerprint density at radius 1 is 1.33 bits per heavy atom. The molecule has 15 heavy (non-hydrogen) atoms. The molecule has 0 saturated heterocycles. The van der Waals surface area contributed by atoms with Gasteiger partial charge in [0.2, 0.25) is 0 Å². The Bertz CT molecular complexity index is 237. The number of aliphatic hydroxyl groups is 1. The van der Waals surface area contributed by atoms with Crippen LogP contribution in [0.4, 0.5) is 4.79 Å². The summed E-state index contributed by atoms with van der Waals surface area (Å²) in [6.07, 6.45) is -1.58. The maximum atomic E-state index is 11.1. The predicted molar refractivity (Wildman–Crippen MR) is 51.5 cm³/mol. The minimum absolute atomic E-state index is 0.0317. The Balaban J connectivity index is 5.09. The number of aliphatic carboxylic acids is 1. The van der Waals surface area contributed by atoms with Crippen LogP contribution in [0, 0.1) is 0 Å². The van der Waals surface area contributed by atoms with E-state index in [9.17, 15) is 9.59 Å². The van der Waals surface area contributed by atoms with Crippen LogP contribution in [0.3, 0.4) is 0 Å². The number of aliphatic hydroxyl groups excluding tert-OH is 1. The van der Waals surface area contributed by atoms with E-state index in [0.717, 1.165) is 7.05 Å². The second kappa shape index (κ2) is 5.52. The van der Waals surface area contributed by atoms with Gasteiger partial charge in [0.05, 0.1) is 0 Å². The lowest BCUT2D eigenvalue weighted by molar-refractivity contribution is -0.151. The number of carbonyl (C=O) groups is 2. The fraction of sp³-hybridized carbons (Fsp3) is 0.750. The van der Waals surface area contributed by atoms with Crippen LogP contribution >= 0.6 is 0 Å². The highest BCUT2D eigenvalue weighted by atomic mass is 16.4. The van der Waals surface area contributed by atoms with Crippen LogP contribution in [0.2, 0.25) is 0 Å². The number of carboxylic acid groups (broad SMARTS) is 2. The lowest BCUT2D eigenvalue weighted by Crippen LogP contribution is -2.56. The van der Waals surface area contributed by atoms with Crippen LogP contribution in [-0.4, -0.2) is 58.0 Å². The van der Waals surface area contributed by atoms with Crippen molar-refractivity contribution < 1.29 is 24.9 Å². The summed E-state index contributed by atoms with van der Waals surface area (Å²) < 4.78 is 0. The third-order valence-corrected chi connectivity index (χ3v) is 2.41. The number of nitrogens with two attached hydrogens (primary N) is 1. The van der Waals surface area contributed by atoms with Gasteiger partial charge >= 0.3 is 12.1 Å². The fourth-order valence-corrected chi connectivity index (χ4v) is 1.42. The summed E-state index contributed by atoms with van der Waals surface area (Å²) in [5.41, 5.74) is 3.61. The SMILES string of the molecule is CN(C(=O)O)C(CCN)(CCO)C(=O)O. The first-order valence-corrected chi connectivity index (χ1v) is 4.43. The van der Waals surface area contributed by atoms with E-state index in [4.69, 9.17) is 21.1 Å². The molecule has 1 unspecified atom stereocenters. The van der Waals surface area contributed by atoms with Gasteiger partial charge in [-0.15, -0.1) is 0 Å². The molecule has 0 spiro atoms. The second-order valence-electron chi connectivity index (χ2n) is 3.19. The summed E-state index contributed by atoms with van der Waals surface area (Å²) in [5, 5.41) is 26.6. The largest absolute Gasteiger partial charge is 0.479 e. The van der Waals surface area contributed by atoms with Crippen LogP contribution in [0.15, 0.2) is 0 Å². The van der Waals surface area contributed by atoms with E-state index in [1.807, 2.05) is 0 Å². The van der Waals surface area contributed by atoms with Crippen LogP contribution in [0.5, 0.6) is 0 Å². The third-order valence-electron chi connectivity index (χ3n) is 2.41. The molecule has 0 bridgehead atoms. The summed E-state index contributed by atoms with van der Waals surface area (Å²) in [6, 6.07) is 0. The number of hydrogen-bond donors (Lipinski definition) is 4. The second-order valence-corrected chi connectivity index (χ2v) is 3.19. The highest BCUT2D eigenvalue weighted by molar-refractivity contribution is 5.83. The lowest BCUT2D eigenvalue weighted by atomic mass is 9.90. The van der Waals surface area contributed by atoms with Crippen LogP contribution in [-0.2, 0) is 4.79 Å². The quantitative estimate of drug-likeness (QED) is 0.462. The Kier molecular flexibility index (Phi) is 5.03. The summed E-state index contributed by atoms with van der Waals surface area (Å²) >= 11 is 0. The number of nitrogens with zero attached hydrogens (tertiary/aromatic N) is 1. The van der Waals surface area contributed by atoms with Crippen LogP contribution in [0.25, 0.3) is 0 Å². The molecular formula is C8H16N2O5. The van der Waals surface area contributed by atoms with Crippen molar-refractivity contribution in [3.05, 3.63) is 0 Å². The Morgan fingerprint density at radius 2 is 1.87 bits per heavy atom. The Morgan fingerprint density at radius 3 is 2.13 bits per heavy atom. The standard InChI is InChI=1S/C8H16N2O5/c1-10(7(14)15)8(2-4-9,3-5-11)6(12)13/h11H,2-5,9H2,1H3,(H,12,13)(H,14,15). The van der Waals surface area contributed by atoms with Crippen molar-refractivity contribution in [3.63, 3.8) is 0 Å². The smallest absolute Gasteiger partial charge is 0.407 e. The molecule has 0 saturated carbocycles. The van der Waals surface area contributed by atoms with E-state index in [1.54, 1.807) is 0 Å². The van der Waals surface area contributed by atoms with Gasteiger partial charge in [-0.05, 0) is 13.0 Å². The molecule has 1 amide bonds. The van der Waals surface area contributed by atoms with Crippen molar-refractivity contribution in [2.45, 2.75) is 18.4 Å². The molecule has 0 radical (unpaired) electrons. The molecule has 88 valence electrons. The summed E-state index contributed by atoms with van der Waals surface area (Å²) in [6.45, 7) is -0.381. The molecule has 0 fully saturated rings. The highest BCUT2D eigenvalue weighted by Crippen LogP contribution is 2.23. The van der Waals surface area contributed by atoms with Gasteiger partial charge in [-0.25, -0.2) is 9.59 Å². The predicted octanol–water partition coefficient (Wildman–Crippen LogP) is -0.849. The van der Waals surface area contributed by atoms with E-state index < -0.39 is 24.2 Å². The first-order valence-electron chi connectivity index (χ1n) is 4.43. The highest BCUT2D eigenvalue weighted by Gasteiger charge is 2.43. The number of carboxylic acids is 1. The zero-order valence-electron chi connectivity index (χ0n) is 8.51. The van der Waals surface area contributed by atoms with E-state index in [2.05, 4.69) is 0 Å². The van der Waals surface area contributed by atoms with Gasteiger partial charge in [-0.1, -0.05) is 0 Å². The molecule has 7 heteroatoms. The van der Waals surface area contributed by atoms with Gasteiger partial charge in [-0.3, -0.25) is 4.90 Å². The molecule has 0 aromatic carbocycles. The minimum atomic E-state index is -1.64. The molecule has 0 heterocycles. The molecule has 0 rings (SSSR count). The minimum Gasteiger partial charge on any atom is -0.479 e. The lowest BCUT2D eigenvalue weighted by Gasteiger charge is -2.35. The van der Waals surface area contributed by atoms with E-state index in [1.165, 1.54) is 0 Å². The molecule has 7 nitrogen and oxygen atoms in total. The molecule has 0 aromatic rings. The average Bonchev–Trinajstić information content (AvgIpc) is 2.15. The van der Waals surface area contributed by atoms with Crippen molar-refractivity contribution >= 4 is 12.1 Å². The van der Waals surface area contributed by atoms with E-state index in [0.29, 0.717) is 4.90 Å². The van der Waals surface area contributed by atoms with Gasteiger partial charge in [0.15, 0.2) is 0 Å². The Hall–Kier alpha value is -1.34. The summed E-state index contributed by atoms with van der Waals surface area (Å²) in [7, 11) is 1.15. The average molecular weight is 220 g/mol. The molecule has 0 aliphatic heterocycles. The molecule has 5 N–H and O–H groups in total. The van der Waals surface area contributed by atoms with Gasteiger partial charge in [0.25, 0.3) is 0 Å². The topological polar surface area (TPSA) is 124 Å². The van der Waals surface area contributed by atoms with Crippen molar-refractivity contribution in [2.75, 3.05) is 20.2 Å². The van der Waals surface area contributed by atoms with Crippen molar-refractivity contribution in [2.24, 2.45) is 5.73 Å². The molecule has 1 atom stereocenters. The number of rotatable bonds is 6. The monoisotopic (exact) mass is 220 g/mol. The van der Waals surface area contributed by atoms with E-state index >= 15 is 0 Å².